The minimum atomic E-state index is -0.523. The molecule has 214 valence electrons. The summed E-state index contributed by atoms with van der Waals surface area (Å²) in [6.07, 6.45) is 0. The maximum atomic E-state index is 14.0. The van der Waals surface area contributed by atoms with Gasteiger partial charge in [-0.1, -0.05) is 42.5 Å². The molecule has 0 atom stereocenters. The fourth-order valence-electron chi connectivity index (χ4n) is 4.88. The lowest BCUT2D eigenvalue weighted by Crippen LogP contribution is -2.49. The highest BCUT2D eigenvalue weighted by molar-refractivity contribution is 5.99. The van der Waals surface area contributed by atoms with Crippen molar-refractivity contribution in [1.82, 2.24) is 9.80 Å². The number of nitrogens with one attached hydrogen (secondary N) is 1. The third kappa shape index (κ3) is 6.98. The van der Waals surface area contributed by atoms with Crippen LogP contribution in [-0.2, 0) is 11.3 Å². The van der Waals surface area contributed by atoms with Crippen LogP contribution in [0.5, 0.6) is 0 Å². The number of carbonyl (C=O) groups excluding carboxylic acids is 3. The van der Waals surface area contributed by atoms with E-state index in [0.717, 1.165) is 11.3 Å². The van der Waals surface area contributed by atoms with E-state index in [2.05, 4.69) is 10.2 Å². The molecule has 0 spiro atoms. The van der Waals surface area contributed by atoms with Gasteiger partial charge >= 0.3 is 0 Å². The number of piperazine rings is 1. The molecule has 0 unspecified atom stereocenters. The molecule has 1 aliphatic rings. The van der Waals surface area contributed by atoms with E-state index < -0.39 is 11.6 Å². The van der Waals surface area contributed by atoms with E-state index in [0.29, 0.717) is 37.4 Å². The summed E-state index contributed by atoms with van der Waals surface area (Å²) in [5.74, 6) is -2.03. The molecule has 4 aromatic carbocycles. The second kappa shape index (κ2) is 13.1. The van der Waals surface area contributed by atoms with Gasteiger partial charge in [0.2, 0.25) is 5.91 Å². The zero-order valence-electron chi connectivity index (χ0n) is 22.9. The van der Waals surface area contributed by atoms with Crippen LogP contribution in [0.25, 0.3) is 0 Å². The number of carbonyl (C=O) groups is 3. The highest BCUT2D eigenvalue weighted by Crippen LogP contribution is 2.21. The van der Waals surface area contributed by atoms with Crippen molar-refractivity contribution >= 4 is 29.1 Å². The molecule has 1 heterocycles. The van der Waals surface area contributed by atoms with Gasteiger partial charge in [0.15, 0.2) is 0 Å². The fourth-order valence-corrected chi connectivity index (χ4v) is 4.88. The molecule has 0 saturated carbocycles. The Kier molecular flexibility index (Phi) is 8.87. The first-order valence-electron chi connectivity index (χ1n) is 13.6. The lowest BCUT2D eigenvalue weighted by Gasteiger charge is -2.36. The lowest BCUT2D eigenvalue weighted by molar-refractivity contribution is -0.117. The van der Waals surface area contributed by atoms with Crippen molar-refractivity contribution in [3.05, 3.63) is 131 Å². The van der Waals surface area contributed by atoms with Gasteiger partial charge in [0.05, 0.1) is 5.56 Å². The SMILES string of the molecule is O=C(CN(Cc1ccccc1)C(=O)c1ccc(F)cc1)Nc1ccc(N2CCN(C(=O)c3ccccc3F)CC2)cc1. The van der Waals surface area contributed by atoms with Gasteiger partial charge in [-0.05, 0) is 66.2 Å². The summed E-state index contributed by atoms with van der Waals surface area (Å²) in [4.78, 5) is 44.1. The largest absolute Gasteiger partial charge is 0.368 e. The molecule has 42 heavy (non-hydrogen) atoms. The zero-order valence-corrected chi connectivity index (χ0v) is 22.9. The summed E-state index contributed by atoms with van der Waals surface area (Å²) in [5.41, 5.74) is 2.74. The first-order valence-corrected chi connectivity index (χ1v) is 13.6. The first-order chi connectivity index (χ1) is 20.4. The van der Waals surface area contributed by atoms with E-state index in [4.69, 9.17) is 0 Å². The predicted molar refractivity (Wildman–Crippen MR) is 157 cm³/mol. The maximum Gasteiger partial charge on any atom is 0.256 e. The molecule has 0 bridgehead atoms. The molecule has 1 saturated heterocycles. The van der Waals surface area contributed by atoms with Gasteiger partial charge in [0.25, 0.3) is 11.8 Å². The summed E-state index contributed by atoms with van der Waals surface area (Å²) in [5, 5.41) is 2.85. The Bertz CT molecular complexity index is 1540. The number of halogens is 2. The van der Waals surface area contributed by atoms with E-state index in [1.165, 1.54) is 41.3 Å². The molecular formula is C33H30F2N4O3. The second-order valence-corrected chi connectivity index (χ2v) is 10.0. The quantitative estimate of drug-likeness (QED) is 0.317. The van der Waals surface area contributed by atoms with Crippen LogP contribution in [-0.4, -0.2) is 60.2 Å². The van der Waals surface area contributed by atoms with E-state index >= 15 is 0 Å². The van der Waals surface area contributed by atoms with Crippen LogP contribution < -0.4 is 10.2 Å². The van der Waals surface area contributed by atoms with Crippen LogP contribution in [0.1, 0.15) is 26.3 Å². The van der Waals surface area contributed by atoms with Crippen LogP contribution in [0.4, 0.5) is 20.2 Å². The summed E-state index contributed by atoms with van der Waals surface area (Å²) in [6.45, 7) is 2.13. The van der Waals surface area contributed by atoms with Gasteiger partial charge in [-0.3, -0.25) is 14.4 Å². The Morgan fingerprint density at radius 2 is 1.38 bits per heavy atom. The Labute approximate surface area is 243 Å². The molecule has 4 aromatic rings. The molecule has 0 radical (unpaired) electrons. The maximum absolute atomic E-state index is 14.0. The molecule has 1 fully saturated rings. The third-order valence-corrected chi connectivity index (χ3v) is 7.12. The van der Waals surface area contributed by atoms with Gasteiger partial charge in [0.1, 0.15) is 18.2 Å². The number of hydrogen-bond donors (Lipinski definition) is 1. The van der Waals surface area contributed by atoms with Crippen LogP contribution in [0.3, 0.4) is 0 Å². The molecule has 0 aromatic heterocycles. The van der Waals surface area contributed by atoms with E-state index in [1.807, 2.05) is 42.5 Å². The van der Waals surface area contributed by atoms with Crippen molar-refractivity contribution in [2.75, 3.05) is 42.9 Å². The van der Waals surface area contributed by atoms with Crippen molar-refractivity contribution < 1.29 is 23.2 Å². The second-order valence-electron chi connectivity index (χ2n) is 10.0. The van der Waals surface area contributed by atoms with Crippen LogP contribution >= 0.6 is 0 Å². The molecule has 7 nitrogen and oxygen atoms in total. The molecule has 5 rings (SSSR count). The standard InChI is InChI=1S/C33H30F2N4O3/c34-26-12-10-25(11-13-26)32(41)39(22-24-6-2-1-3-7-24)23-31(40)36-27-14-16-28(17-15-27)37-18-20-38(21-19-37)33(42)29-8-4-5-9-30(29)35/h1-17H,18-23H2,(H,36,40). The first kappa shape index (κ1) is 28.5. The van der Waals surface area contributed by atoms with Crippen molar-refractivity contribution in [3.8, 4) is 0 Å². The molecule has 3 amide bonds. The van der Waals surface area contributed by atoms with Gasteiger partial charge in [-0.15, -0.1) is 0 Å². The number of hydrogen-bond acceptors (Lipinski definition) is 4. The number of anilines is 2. The highest BCUT2D eigenvalue weighted by Gasteiger charge is 2.24. The smallest absolute Gasteiger partial charge is 0.256 e. The summed E-state index contributed by atoms with van der Waals surface area (Å²) < 4.78 is 27.4. The Morgan fingerprint density at radius 1 is 0.738 bits per heavy atom. The number of amides is 3. The van der Waals surface area contributed by atoms with Crippen molar-refractivity contribution in [3.63, 3.8) is 0 Å². The molecule has 0 aliphatic carbocycles. The number of nitrogens with zero attached hydrogens (tertiary/aromatic N) is 3. The summed E-state index contributed by atoms with van der Waals surface area (Å²) >= 11 is 0. The van der Waals surface area contributed by atoms with Gasteiger partial charge < -0.3 is 20.0 Å². The van der Waals surface area contributed by atoms with E-state index in [1.54, 1.807) is 29.2 Å². The average Bonchev–Trinajstić information content (AvgIpc) is 3.02. The Morgan fingerprint density at radius 3 is 2.05 bits per heavy atom. The molecule has 1 aliphatic heterocycles. The van der Waals surface area contributed by atoms with Crippen molar-refractivity contribution in [2.24, 2.45) is 0 Å². The Balaban J connectivity index is 1.18. The fraction of sp³-hybridized carbons (Fsp3) is 0.182. The molecule has 1 N–H and O–H groups in total. The van der Waals surface area contributed by atoms with Gasteiger partial charge in [0, 0.05) is 49.7 Å². The predicted octanol–water partition coefficient (Wildman–Crippen LogP) is 5.21. The average molecular weight is 569 g/mol. The Hall–Kier alpha value is -5.05. The highest BCUT2D eigenvalue weighted by atomic mass is 19.1. The summed E-state index contributed by atoms with van der Waals surface area (Å²) in [7, 11) is 0. The van der Waals surface area contributed by atoms with Crippen LogP contribution in [0.15, 0.2) is 103 Å². The van der Waals surface area contributed by atoms with E-state index in [9.17, 15) is 23.2 Å². The van der Waals surface area contributed by atoms with Gasteiger partial charge in [-0.25, -0.2) is 8.78 Å². The van der Waals surface area contributed by atoms with Crippen LogP contribution in [0.2, 0.25) is 0 Å². The lowest BCUT2D eigenvalue weighted by atomic mass is 10.1. The van der Waals surface area contributed by atoms with Gasteiger partial charge in [-0.2, -0.15) is 0 Å². The normalized spacial score (nSPS) is 13.0. The monoisotopic (exact) mass is 568 g/mol. The number of rotatable bonds is 8. The zero-order chi connectivity index (χ0) is 29.5. The van der Waals surface area contributed by atoms with E-state index in [-0.39, 0.29) is 36.4 Å². The minimum absolute atomic E-state index is 0.0766. The minimum Gasteiger partial charge on any atom is -0.368 e. The number of benzene rings is 4. The topological polar surface area (TPSA) is 73.0 Å². The van der Waals surface area contributed by atoms with Crippen molar-refractivity contribution in [2.45, 2.75) is 6.54 Å². The summed E-state index contributed by atoms with van der Waals surface area (Å²) in [6, 6.07) is 27.9. The molecular weight excluding hydrogens is 538 g/mol. The third-order valence-electron chi connectivity index (χ3n) is 7.12. The van der Waals surface area contributed by atoms with Crippen LogP contribution in [0, 0.1) is 11.6 Å². The van der Waals surface area contributed by atoms with Crippen molar-refractivity contribution in [1.29, 1.82) is 0 Å². The molecule has 9 heteroatoms.